The Bertz CT molecular complexity index is 1240. The molecule has 2 aromatic carbocycles. The minimum atomic E-state index is -4.32. The lowest BCUT2D eigenvalue weighted by Gasteiger charge is -2.15. The number of rotatable bonds is 10. The second-order valence-corrected chi connectivity index (χ2v) is 11.4. The van der Waals surface area contributed by atoms with Crippen molar-refractivity contribution >= 4 is 48.7 Å². The van der Waals surface area contributed by atoms with Crippen LogP contribution in [-0.2, 0) is 22.5 Å². The summed E-state index contributed by atoms with van der Waals surface area (Å²) in [6.45, 7) is 4.16. The van der Waals surface area contributed by atoms with Gasteiger partial charge in [0.25, 0.3) is 0 Å². The lowest BCUT2D eigenvalue weighted by atomic mass is 10.1. The fraction of sp³-hybridized carbons (Fsp3) is 0.273. The molecule has 0 unspecified atom stereocenters. The van der Waals surface area contributed by atoms with Crippen LogP contribution < -0.4 is 10.5 Å². The van der Waals surface area contributed by atoms with Crippen LogP contribution in [0.3, 0.4) is 0 Å². The van der Waals surface area contributed by atoms with Crippen LogP contribution in [0, 0.1) is 0 Å². The highest BCUT2D eigenvalue weighted by atomic mass is 35.5. The molecule has 0 atom stereocenters. The van der Waals surface area contributed by atoms with E-state index in [9.17, 15) is 9.36 Å². The molecule has 13 heteroatoms. The minimum Gasteiger partial charge on any atom is -0.481 e. The number of ether oxygens (including phenoxy) is 2. The molecule has 35 heavy (non-hydrogen) atoms. The molecule has 0 aliphatic heterocycles. The number of carbonyl (C=O) groups is 1. The standard InChI is InChI=1S/C22H24Cl2N3O6PS/c1-13(2)20-21(35-18-8-15(23)7-16(24)9-18)27(19(26-20)11-32-22(25)28)10-14-4-3-5-17(6-14)33-12-34(29,30)31/h3-9,13H,10-12H2,1-2H3,(H2,25,28)(H2,29,30,31). The maximum Gasteiger partial charge on any atom is 0.404 e. The van der Waals surface area contributed by atoms with E-state index < -0.39 is 20.0 Å². The van der Waals surface area contributed by atoms with Crippen molar-refractivity contribution in [2.45, 2.75) is 42.8 Å². The summed E-state index contributed by atoms with van der Waals surface area (Å²) in [6, 6.07) is 12.0. The highest BCUT2D eigenvalue weighted by Gasteiger charge is 2.22. The highest BCUT2D eigenvalue weighted by Crippen LogP contribution is 2.38. The Kier molecular flexibility index (Phi) is 9.15. The van der Waals surface area contributed by atoms with Crippen molar-refractivity contribution in [1.82, 2.24) is 9.55 Å². The molecule has 9 nitrogen and oxygen atoms in total. The van der Waals surface area contributed by atoms with Crippen LogP contribution in [0.1, 0.15) is 36.8 Å². The van der Waals surface area contributed by atoms with Gasteiger partial charge in [0, 0.05) is 14.9 Å². The van der Waals surface area contributed by atoms with E-state index in [0.29, 0.717) is 28.2 Å². The third kappa shape index (κ3) is 8.17. The zero-order chi connectivity index (χ0) is 25.8. The molecule has 3 aromatic rings. The first-order chi connectivity index (χ1) is 16.4. The minimum absolute atomic E-state index is 0.0404. The molecule has 0 aliphatic rings. The number of carbonyl (C=O) groups excluding carboxylic acids is 1. The highest BCUT2D eigenvalue weighted by molar-refractivity contribution is 7.99. The van der Waals surface area contributed by atoms with Crippen molar-refractivity contribution in [1.29, 1.82) is 0 Å². The number of hydrogen-bond donors (Lipinski definition) is 3. The quantitative estimate of drug-likeness (QED) is 0.272. The number of benzene rings is 2. The summed E-state index contributed by atoms with van der Waals surface area (Å²) in [4.78, 5) is 35.0. The predicted molar refractivity (Wildman–Crippen MR) is 134 cm³/mol. The van der Waals surface area contributed by atoms with E-state index in [1.54, 1.807) is 36.4 Å². The predicted octanol–water partition coefficient (Wildman–Crippen LogP) is 5.62. The monoisotopic (exact) mass is 559 g/mol. The average Bonchev–Trinajstić information content (AvgIpc) is 3.07. The van der Waals surface area contributed by atoms with E-state index in [1.165, 1.54) is 11.8 Å². The fourth-order valence-electron chi connectivity index (χ4n) is 3.17. The number of aromatic nitrogens is 2. The summed E-state index contributed by atoms with van der Waals surface area (Å²) < 4.78 is 23.3. The Balaban J connectivity index is 2.03. The molecule has 0 saturated heterocycles. The fourth-order valence-corrected chi connectivity index (χ4v) is 5.40. The van der Waals surface area contributed by atoms with Gasteiger partial charge in [-0.3, -0.25) is 4.57 Å². The number of nitrogens with zero attached hydrogens (tertiary/aromatic N) is 2. The Hall–Kier alpha value is -2.20. The molecule has 0 bridgehead atoms. The Labute approximate surface area is 216 Å². The van der Waals surface area contributed by atoms with Gasteiger partial charge in [-0.25, -0.2) is 9.78 Å². The van der Waals surface area contributed by atoms with Crippen molar-refractivity contribution in [3.63, 3.8) is 0 Å². The summed E-state index contributed by atoms with van der Waals surface area (Å²) in [5.74, 6) is 0.823. The van der Waals surface area contributed by atoms with Crippen molar-refractivity contribution in [2.75, 3.05) is 6.35 Å². The number of nitrogens with two attached hydrogens (primary N) is 1. The summed E-state index contributed by atoms with van der Waals surface area (Å²) in [6.07, 6.45) is -1.65. The first-order valence-corrected chi connectivity index (χ1v) is 13.7. The van der Waals surface area contributed by atoms with Crippen LogP contribution in [0.15, 0.2) is 52.4 Å². The lowest BCUT2D eigenvalue weighted by molar-refractivity contribution is 0.145. The van der Waals surface area contributed by atoms with E-state index in [4.69, 9.17) is 53.2 Å². The maximum absolute atomic E-state index is 11.3. The summed E-state index contributed by atoms with van der Waals surface area (Å²) in [7, 11) is -4.32. The largest absolute Gasteiger partial charge is 0.481 e. The van der Waals surface area contributed by atoms with Gasteiger partial charge in [-0.2, -0.15) is 0 Å². The molecule has 1 aromatic heterocycles. The Morgan fingerprint density at radius 3 is 2.49 bits per heavy atom. The van der Waals surface area contributed by atoms with Gasteiger partial charge in [-0.1, -0.05) is 60.9 Å². The van der Waals surface area contributed by atoms with Gasteiger partial charge in [0.15, 0.2) is 13.0 Å². The summed E-state index contributed by atoms with van der Waals surface area (Å²) in [5, 5.41) is 1.77. The molecule has 0 saturated carbocycles. The van der Waals surface area contributed by atoms with E-state index in [-0.39, 0.29) is 12.5 Å². The van der Waals surface area contributed by atoms with Gasteiger partial charge in [0.1, 0.15) is 16.6 Å². The average molecular weight is 560 g/mol. The number of halogens is 2. The van der Waals surface area contributed by atoms with Crippen molar-refractivity contribution < 1.29 is 28.6 Å². The molecule has 0 fully saturated rings. The zero-order valence-corrected chi connectivity index (χ0v) is 22.1. The van der Waals surface area contributed by atoms with Gasteiger partial charge in [-0.15, -0.1) is 0 Å². The molecular formula is C22H24Cl2N3O6PS. The third-order valence-electron chi connectivity index (χ3n) is 4.60. The van der Waals surface area contributed by atoms with Crippen LogP contribution in [0.25, 0.3) is 0 Å². The Morgan fingerprint density at radius 2 is 1.89 bits per heavy atom. The van der Waals surface area contributed by atoms with Crippen LogP contribution in [-0.4, -0.2) is 31.8 Å². The topological polar surface area (TPSA) is 137 Å². The SMILES string of the molecule is CC(C)c1nc(COC(N)=O)n(Cc2cccc(OCP(=O)(O)O)c2)c1Sc1cc(Cl)cc(Cl)c1. The van der Waals surface area contributed by atoms with Crippen LogP contribution in [0.4, 0.5) is 4.79 Å². The zero-order valence-electron chi connectivity index (χ0n) is 18.9. The molecule has 188 valence electrons. The third-order valence-corrected chi connectivity index (χ3v) is 6.60. The number of imidazole rings is 1. The van der Waals surface area contributed by atoms with E-state index in [2.05, 4.69) is 0 Å². The van der Waals surface area contributed by atoms with Gasteiger partial charge >= 0.3 is 13.7 Å². The normalized spacial score (nSPS) is 11.6. The lowest BCUT2D eigenvalue weighted by Crippen LogP contribution is -2.15. The molecule has 0 aliphatic carbocycles. The van der Waals surface area contributed by atoms with Crippen molar-refractivity contribution in [3.8, 4) is 5.75 Å². The maximum atomic E-state index is 11.3. The summed E-state index contributed by atoms with van der Waals surface area (Å²) in [5.41, 5.74) is 6.73. The molecule has 0 spiro atoms. The second kappa shape index (κ2) is 11.7. The molecule has 1 heterocycles. The number of hydrogen-bond acceptors (Lipinski definition) is 6. The molecule has 0 radical (unpaired) electrons. The molecular weight excluding hydrogens is 536 g/mol. The first-order valence-electron chi connectivity index (χ1n) is 10.3. The van der Waals surface area contributed by atoms with E-state index in [0.717, 1.165) is 21.2 Å². The van der Waals surface area contributed by atoms with E-state index in [1.807, 2.05) is 24.5 Å². The first kappa shape index (κ1) is 27.4. The Morgan fingerprint density at radius 1 is 1.20 bits per heavy atom. The van der Waals surface area contributed by atoms with Crippen LogP contribution in [0.5, 0.6) is 5.75 Å². The molecule has 3 rings (SSSR count). The van der Waals surface area contributed by atoms with E-state index >= 15 is 0 Å². The van der Waals surface area contributed by atoms with Crippen LogP contribution >= 0.6 is 42.6 Å². The molecule has 1 amide bonds. The van der Waals surface area contributed by atoms with Gasteiger partial charge < -0.3 is 29.6 Å². The van der Waals surface area contributed by atoms with Crippen LogP contribution in [0.2, 0.25) is 10.0 Å². The smallest absolute Gasteiger partial charge is 0.404 e. The number of amides is 1. The van der Waals surface area contributed by atoms with Crippen molar-refractivity contribution in [2.24, 2.45) is 5.73 Å². The van der Waals surface area contributed by atoms with Gasteiger partial charge in [0.05, 0.1) is 12.2 Å². The van der Waals surface area contributed by atoms with Crippen molar-refractivity contribution in [3.05, 3.63) is 69.6 Å². The molecule has 4 N–H and O–H groups in total. The summed E-state index contributed by atoms with van der Waals surface area (Å²) >= 11 is 13.8. The number of primary amides is 1. The van der Waals surface area contributed by atoms with Gasteiger partial charge in [-0.05, 0) is 41.8 Å². The van der Waals surface area contributed by atoms with Gasteiger partial charge in [0.2, 0.25) is 0 Å². The second-order valence-electron chi connectivity index (χ2n) is 7.86.